The van der Waals surface area contributed by atoms with Gasteiger partial charge in [-0.3, -0.25) is 9.69 Å². The molecule has 7 heteroatoms. The van der Waals surface area contributed by atoms with Crippen LogP contribution < -0.4 is 0 Å². The van der Waals surface area contributed by atoms with Crippen molar-refractivity contribution < 1.29 is 19.2 Å². The highest BCUT2D eigenvalue weighted by molar-refractivity contribution is 5.66. The predicted molar refractivity (Wildman–Crippen MR) is 74.9 cm³/mol. The molecule has 7 nitrogen and oxygen atoms in total. The summed E-state index contributed by atoms with van der Waals surface area (Å²) < 4.78 is 10.9. The molecule has 1 aliphatic heterocycles. The van der Waals surface area contributed by atoms with Gasteiger partial charge in [0, 0.05) is 32.0 Å². The molecule has 0 saturated carbocycles. The summed E-state index contributed by atoms with van der Waals surface area (Å²) in [4.78, 5) is 17.1. The van der Waals surface area contributed by atoms with Gasteiger partial charge in [-0.05, 0) is 26.7 Å². The molecule has 0 bridgehead atoms. The number of aliphatic carboxylic acids is 1. The molecule has 1 atom stereocenters. The van der Waals surface area contributed by atoms with Crippen LogP contribution in [0.5, 0.6) is 0 Å². The van der Waals surface area contributed by atoms with E-state index in [1.54, 1.807) is 0 Å². The van der Waals surface area contributed by atoms with E-state index in [4.69, 9.17) is 14.4 Å². The standard InChI is InChI=1S/C14H23N3O4/c1-10(2)17-7-8-20-11(9-17)14-15-12(21-16-14)5-3-4-6-13(18)19/h10-11H,3-9H2,1-2H3,(H,18,19). The van der Waals surface area contributed by atoms with E-state index in [-0.39, 0.29) is 12.5 Å². The zero-order chi connectivity index (χ0) is 15.2. The first-order chi connectivity index (χ1) is 10.1. The van der Waals surface area contributed by atoms with E-state index in [0.29, 0.717) is 37.2 Å². The molecule has 1 fully saturated rings. The number of aromatic nitrogens is 2. The highest BCUT2D eigenvalue weighted by Gasteiger charge is 2.27. The Hall–Kier alpha value is -1.47. The van der Waals surface area contributed by atoms with Crippen molar-refractivity contribution in [2.24, 2.45) is 0 Å². The van der Waals surface area contributed by atoms with Crippen LogP contribution in [0.3, 0.4) is 0 Å². The van der Waals surface area contributed by atoms with Gasteiger partial charge in [-0.2, -0.15) is 4.98 Å². The van der Waals surface area contributed by atoms with E-state index < -0.39 is 5.97 Å². The predicted octanol–water partition coefficient (Wildman–Crippen LogP) is 1.65. The molecular formula is C14H23N3O4. The van der Waals surface area contributed by atoms with Crippen molar-refractivity contribution in [3.63, 3.8) is 0 Å². The summed E-state index contributed by atoms with van der Waals surface area (Å²) in [6.45, 7) is 6.69. The quantitative estimate of drug-likeness (QED) is 0.765. The maximum atomic E-state index is 10.4. The third-order valence-corrected chi connectivity index (χ3v) is 3.63. The van der Waals surface area contributed by atoms with Crippen molar-refractivity contribution in [2.45, 2.75) is 51.7 Å². The van der Waals surface area contributed by atoms with Crippen LogP contribution in [-0.2, 0) is 16.0 Å². The van der Waals surface area contributed by atoms with Gasteiger partial charge in [0.15, 0.2) is 0 Å². The van der Waals surface area contributed by atoms with Crippen molar-refractivity contribution in [3.8, 4) is 0 Å². The zero-order valence-electron chi connectivity index (χ0n) is 12.6. The van der Waals surface area contributed by atoms with Gasteiger partial charge in [0.1, 0.15) is 6.10 Å². The number of nitrogens with zero attached hydrogens (tertiary/aromatic N) is 3. The number of carboxylic acid groups (broad SMARTS) is 1. The minimum Gasteiger partial charge on any atom is -0.481 e. The smallest absolute Gasteiger partial charge is 0.303 e. The molecule has 0 aliphatic carbocycles. The van der Waals surface area contributed by atoms with E-state index in [9.17, 15) is 4.79 Å². The van der Waals surface area contributed by atoms with Crippen LogP contribution in [0.1, 0.15) is 50.9 Å². The van der Waals surface area contributed by atoms with Crippen LogP contribution in [0, 0.1) is 0 Å². The number of hydrogen-bond donors (Lipinski definition) is 1. The Morgan fingerprint density at radius 3 is 3.00 bits per heavy atom. The van der Waals surface area contributed by atoms with Crippen LogP contribution in [0.2, 0.25) is 0 Å². The molecule has 1 unspecified atom stereocenters. The highest BCUT2D eigenvalue weighted by Crippen LogP contribution is 2.21. The molecule has 0 spiro atoms. The van der Waals surface area contributed by atoms with E-state index in [1.807, 2.05) is 0 Å². The number of morpholine rings is 1. The van der Waals surface area contributed by atoms with Crippen LogP contribution in [0.4, 0.5) is 0 Å². The lowest BCUT2D eigenvalue weighted by Gasteiger charge is -2.34. The van der Waals surface area contributed by atoms with Gasteiger partial charge in [-0.15, -0.1) is 0 Å². The van der Waals surface area contributed by atoms with Gasteiger partial charge in [-0.1, -0.05) is 5.16 Å². The minimum absolute atomic E-state index is 0.141. The van der Waals surface area contributed by atoms with Crippen molar-refractivity contribution in [1.82, 2.24) is 15.0 Å². The number of rotatable bonds is 7. The van der Waals surface area contributed by atoms with E-state index in [1.165, 1.54) is 0 Å². The first-order valence-corrected chi connectivity index (χ1v) is 7.46. The van der Waals surface area contributed by atoms with Crippen LogP contribution in [0.15, 0.2) is 4.52 Å². The fraction of sp³-hybridized carbons (Fsp3) is 0.786. The van der Waals surface area contributed by atoms with Crippen molar-refractivity contribution in [2.75, 3.05) is 19.7 Å². The summed E-state index contributed by atoms with van der Waals surface area (Å²) in [7, 11) is 0. The van der Waals surface area contributed by atoms with Gasteiger partial charge in [0.2, 0.25) is 11.7 Å². The molecule has 0 aromatic carbocycles. The van der Waals surface area contributed by atoms with Gasteiger partial charge < -0.3 is 14.4 Å². The largest absolute Gasteiger partial charge is 0.481 e. The molecule has 0 radical (unpaired) electrons. The Balaban J connectivity index is 1.83. The Bertz CT molecular complexity index is 461. The van der Waals surface area contributed by atoms with Crippen LogP contribution >= 0.6 is 0 Å². The Morgan fingerprint density at radius 1 is 1.48 bits per heavy atom. The van der Waals surface area contributed by atoms with Crippen molar-refractivity contribution in [3.05, 3.63) is 11.7 Å². The fourth-order valence-corrected chi connectivity index (χ4v) is 2.35. The molecule has 118 valence electrons. The molecule has 2 rings (SSSR count). The third-order valence-electron chi connectivity index (χ3n) is 3.63. The molecule has 0 amide bonds. The topological polar surface area (TPSA) is 88.7 Å². The molecule has 2 heterocycles. The average molecular weight is 297 g/mol. The maximum absolute atomic E-state index is 10.4. The summed E-state index contributed by atoms with van der Waals surface area (Å²) in [6.07, 6.45) is 2.00. The average Bonchev–Trinajstić information content (AvgIpc) is 2.92. The third kappa shape index (κ3) is 4.78. The summed E-state index contributed by atoms with van der Waals surface area (Å²) in [5.41, 5.74) is 0. The van der Waals surface area contributed by atoms with E-state index >= 15 is 0 Å². The lowest BCUT2D eigenvalue weighted by molar-refractivity contribution is -0.137. The Kier molecular flexibility index (Phi) is 5.69. The lowest BCUT2D eigenvalue weighted by atomic mass is 10.2. The zero-order valence-corrected chi connectivity index (χ0v) is 12.6. The Labute approximate surface area is 124 Å². The van der Waals surface area contributed by atoms with Crippen LogP contribution in [-0.4, -0.2) is 51.9 Å². The second kappa shape index (κ2) is 7.51. The van der Waals surface area contributed by atoms with E-state index in [2.05, 4.69) is 28.9 Å². The number of ether oxygens (including phenoxy) is 1. The molecular weight excluding hydrogens is 274 g/mol. The molecule has 1 saturated heterocycles. The molecule has 1 aromatic heterocycles. The number of hydrogen-bond acceptors (Lipinski definition) is 6. The number of carboxylic acids is 1. The lowest BCUT2D eigenvalue weighted by Crippen LogP contribution is -2.42. The van der Waals surface area contributed by atoms with Crippen molar-refractivity contribution in [1.29, 1.82) is 0 Å². The summed E-state index contributed by atoms with van der Waals surface area (Å²) >= 11 is 0. The van der Waals surface area contributed by atoms with E-state index in [0.717, 1.165) is 19.5 Å². The second-order valence-electron chi connectivity index (χ2n) is 5.60. The van der Waals surface area contributed by atoms with Gasteiger partial charge in [-0.25, -0.2) is 0 Å². The summed E-state index contributed by atoms with van der Waals surface area (Å²) in [5, 5.41) is 12.6. The summed E-state index contributed by atoms with van der Waals surface area (Å²) in [5.74, 6) is 0.375. The SMILES string of the molecule is CC(C)N1CCOC(c2noc(CCCCC(=O)O)n2)C1. The number of unbranched alkanes of at least 4 members (excludes halogenated alkanes) is 1. The van der Waals surface area contributed by atoms with Gasteiger partial charge >= 0.3 is 5.97 Å². The number of aryl methyl sites for hydroxylation is 1. The monoisotopic (exact) mass is 297 g/mol. The first kappa shape index (κ1) is 15.9. The minimum atomic E-state index is -0.773. The highest BCUT2D eigenvalue weighted by atomic mass is 16.5. The Morgan fingerprint density at radius 2 is 2.29 bits per heavy atom. The molecule has 1 aromatic rings. The number of carbonyl (C=O) groups is 1. The van der Waals surface area contributed by atoms with Crippen LogP contribution in [0.25, 0.3) is 0 Å². The fourth-order valence-electron chi connectivity index (χ4n) is 2.35. The maximum Gasteiger partial charge on any atom is 0.303 e. The molecule has 1 aliphatic rings. The first-order valence-electron chi connectivity index (χ1n) is 7.46. The van der Waals surface area contributed by atoms with Crippen molar-refractivity contribution >= 4 is 5.97 Å². The van der Waals surface area contributed by atoms with Gasteiger partial charge in [0.05, 0.1) is 6.61 Å². The summed E-state index contributed by atoms with van der Waals surface area (Å²) in [6, 6.07) is 0.471. The normalized spacial score (nSPS) is 20.0. The van der Waals surface area contributed by atoms with Gasteiger partial charge in [0.25, 0.3) is 0 Å². The molecule has 21 heavy (non-hydrogen) atoms. The molecule has 1 N–H and O–H groups in total. The second-order valence-corrected chi connectivity index (χ2v) is 5.60.